The molecule has 0 radical (unpaired) electrons. The maximum Gasteiger partial charge on any atom is 0.407 e. The number of carbonyl (C=O) groups is 2. The van der Waals surface area contributed by atoms with Gasteiger partial charge >= 0.3 is 6.09 Å². The molecule has 198 valence electrons. The average Bonchev–Trinajstić information content (AvgIpc) is 2.94. The van der Waals surface area contributed by atoms with E-state index >= 15 is 0 Å². The summed E-state index contributed by atoms with van der Waals surface area (Å²) in [7, 11) is 0. The van der Waals surface area contributed by atoms with Crippen LogP contribution in [-0.4, -0.2) is 34.7 Å². The lowest BCUT2D eigenvalue weighted by Gasteiger charge is -2.18. The van der Waals surface area contributed by atoms with Gasteiger partial charge in [0.1, 0.15) is 0 Å². The van der Waals surface area contributed by atoms with Crippen LogP contribution in [0.15, 0.2) is 100.0 Å². The van der Waals surface area contributed by atoms with Crippen molar-refractivity contribution in [3.63, 3.8) is 0 Å². The number of pyridine rings is 1. The number of rotatable bonds is 10. The molecule has 4 rings (SSSR count). The van der Waals surface area contributed by atoms with E-state index in [2.05, 4.69) is 20.8 Å². The Morgan fingerprint density at radius 2 is 1.87 bits per heavy atom. The van der Waals surface area contributed by atoms with Crippen molar-refractivity contribution in [1.82, 2.24) is 15.7 Å². The van der Waals surface area contributed by atoms with Crippen molar-refractivity contribution in [3.05, 3.63) is 106 Å². The predicted octanol–water partition coefficient (Wildman–Crippen LogP) is 5.62. The maximum atomic E-state index is 12.6. The number of hydrogen-bond acceptors (Lipinski definition) is 8. The molecule has 0 saturated carbocycles. The number of alkyl carbamates (subject to hydrolysis) is 1. The molecule has 0 fully saturated rings. The van der Waals surface area contributed by atoms with Gasteiger partial charge in [-0.3, -0.25) is 19.9 Å². The number of aromatic nitrogens is 1. The molecule has 1 aromatic heterocycles. The van der Waals surface area contributed by atoms with Gasteiger partial charge in [-0.25, -0.2) is 10.2 Å². The molecule has 2 amide bonds. The molecule has 39 heavy (non-hydrogen) atoms. The van der Waals surface area contributed by atoms with Crippen LogP contribution in [0.4, 0.5) is 10.5 Å². The Labute approximate surface area is 228 Å². The molecule has 3 aromatic carbocycles. The van der Waals surface area contributed by atoms with E-state index in [1.54, 1.807) is 49.5 Å². The summed E-state index contributed by atoms with van der Waals surface area (Å²) in [6.07, 6.45) is 2.29. The Bertz CT molecular complexity index is 1510. The van der Waals surface area contributed by atoms with Gasteiger partial charge in [0.15, 0.2) is 0 Å². The van der Waals surface area contributed by atoms with Crippen LogP contribution in [0.2, 0.25) is 0 Å². The number of nitrogens with one attached hydrogen (secondary N) is 2. The lowest BCUT2D eigenvalue weighted by Crippen LogP contribution is -2.33. The molecule has 0 spiro atoms. The van der Waals surface area contributed by atoms with Crippen molar-refractivity contribution in [3.8, 4) is 0 Å². The molecular weight excluding hydrogens is 518 g/mol. The fourth-order valence-corrected chi connectivity index (χ4v) is 4.81. The summed E-state index contributed by atoms with van der Waals surface area (Å²) < 4.78 is 4.94. The van der Waals surface area contributed by atoms with Gasteiger partial charge in [-0.2, -0.15) is 5.10 Å². The molecule has 2 N–H and O–H groups in total. The van der Waals surface area contributed by atoms with Crippen molar-refractivity contribution in [2.45, 2.75) is 29.2 Å². The van der Waals surface area contributed by atoms with Crippen molar-refractivity contribution in [1.29, 1.82) is 0 Å². The third-order valence-electron chi connectivity index (χ3n) is 5.56. The molecule has 0 unspecified atom stereocenters. The van der Waals surface area contributed by atoms with E-state index in [4.69, 9.17) is 4.74 Å². The smallest absolute Gasteiger partial charge is 0.407 e. The fourth-order valence-electron chi connectivity index (χ4n) is 3.78. The quantitative estimate of drug-likeness (QED) is 0.150. The van der Waals surface area contributed by atoms with Crippen molar-refractivity contribution >= 4 is 46.6 Å². The van der Waals surface area contributed by atoms with Crippen LogP contribution in [0.1, 0.15) is 30.5 Å². The van der Waals surface area contributed by atoms with Crippen LogP contribution in [0.3, 0.4) is 0 Å². The molecule has 0 aliphatic rings. The van der Waals surface area contributed by atoms with E-state index in [1.807, 2.05) is 36.4 Å². The van der Waals surface area contributed by atoms with E-state index in [0.29, 0.717) is 10.5 Å². The van der Waals surface area contributed by atoms with Crippen LogP contribution in [0.5, 0.6) is 0 Å². The number of benzene rings is 3. The van der Waals surface area contributed by atoms with Gasteiger partial charge in [0.25, 0.3) is 5.69 Å². The van der Waals surface area contributed by atoms with Gasteiger partial charge in [-0.05, 0) is 30.7 Å². The third kappa shape index (κ3) is 7.39. The number of para-hydroxylation sites is 1. The molecule has 10 nitrogen and oxygen atoms in total. The number of fused-ring (bicyclic) bond motifs is 1. The number of nitrogens with zero attached hydrogens (tertiary/aromatic N) is 3. The standard InChI is InChI=1S/C28H25N5O5S/c1-2-38-28(35)31-22(20-8-4-3-5-9-20)17-26(34)32-30-18-19-13-14-24(23(16-19)33(36)37)39-25-12-6-10-21-11-7-15-29-27(21)25/h3-16,18,22H,2,17H2,1H3,(H,31,35)(H,32,34)/b30-18-/t22-/m0/s1. The number of amides is 2. The first-order valence-electron chi connectivity index (χ1n) is 12.0. The van der Waals surface area contributed by atoms with Crippen molar-refractivity contribution in [2.75, 3.05) is 6.61 Å². The lowest BCUT2D eigenvalue weighted by atomic mass is 10.0. The zero-order valence-electron chi connectivity index (χ0n) is 20.9. The topological polar surface area (TPSA) is 136 Å². The van der Waals surface area contributed by atoms with Crippen molar-refractivity contribution in [2.24, 2.45) is 5.10 Å². The Hall–Kier alpha value is -4.77. The summed E-state index contributed by atoms with van der Waals surface area (Å²) in [5.41, 5.74) is 4.25. The Kier molecular flexibility index (Phi) is 9.20. The monoisotopic (exact) mass is 543 g/mol. The van der Waals surface area contributed by atoms with Gasteiger partial charge in [0.05, 0.1) is 40.6 Å². The van der Waals surface area contributed by atoms with Gasteiger partial charge in [-0.1, -0.05) is 66.4 Å². The highest BCUT2D eigenvalue weighted by Gasteiger charge is 2.19. The van der Waals surface area contributed by atoms with E-state index in [9.17, 15) is 19.7 Å². The number of hydrogen-bond donors (Lipinski definition) is 2. The largest absolute Gasteiger partial charge is 0.450 e. The van der Waals surface area contributed by atoms with Gasteiger partial charge in [-0.15, -0.1) is 0 Å². The molecule has 1 atom stereocenters. The summed E-state index contributed by atoms with van der Waals surface area (Å²) in [5.74, 6) is -0.456. The molecule has 0 bridgehead atoms. The summed E-state index contributed by atoms with van der Waals surface area (Å²) in [6, 6.07) is 22.6. The molecular formula is C28H25N5O5S. The molecule has 11 heteroatoms. The first-order valence-corrected chi connectivity index (χ1v) is 12.9. The minimum Gasteiger partial charge on any atom is -0.450 e. The SMILES string of the molecule is CCOC(=O)N[C@@H](CC(=O)N/N=C\c1ccc(Sc2cccc3cccnc23)c([N+](=O)[O-])c1)c1ccccc1. The fraction of sp³-hybridized carbons (Fsp3) is 0.143. The van der Waals surface area contributed by atoms with Gasteiger partial charge in [0, 0.05) is 28.1 Å². The zero-order valence-corrected chi connectivity index (χ0v) is 21.8. The first-order chi connectivity index (χ1) is 18.9. The number of hydrazone groups is 1. The number of nitro benzene ring substituents is 1. The average molecular weight is 544 g/mol. The van der Waals surface area contributed by atoms with Crippen LogP contribution >= 0.6 is 11.8 Å². The van der Waals surface area contributed by atoms with E-state index in [-0.39, 0.29) is 18.7 Å². The lowest BCUT2D eigenvalue weighted by molar-refractivity contribution is -0.387. The highest BCUT2D eigenvalue weighted by atomic mass is 32.2. The summed E-state index contributed by atoms with van der Waals surface area (Å²) >= 11 is 1.26. The predicted molar refractivity (Wildman–Crippen MR) is 149 cm³/mol. The molecule has 1 heterocycles. The van der Waals surface area contributed by atoms with Gasteiger partial charge < -0.3 is 10.1 Å². The van der Waals surface area contributed by atoms with Crippen molar-refractivity contribution < 1.29 is 19.2 Å². The van der Waals surface area contributed by atoms with E-state index in [0.717, 1.165) is 21.4 Å². The highest BCUT2D eigenvalue weighted by Crippen LogP contribution is 2.37. The summed E-state index contributed by atoms with van der Waals surface area (Å²) in [5, 5.41) is 19.4. The van der Waals surface area contributed by atoms with E-state index < -0.39 is 23.0 Å². The molecule has 0 aliphatic carbocycles. The Morgan fingerprint density at radius 1 is 1.08 bits per heavy atom. The van der Waals surface area contributed by atoms with E-state index in [1.165, 1.54) is 24.0 Å². The highest BCUT2D eigenvalue weighted by molar-refractivity contribution is 7.99. The number of ether oxygens (including phenoxy) is 1. The summed E-state index contributed by atoms with van der Waals surface area (Å²) in [4.78, 5) is 41.5. The second kappa shape index (κ2) is 13.2. The maximum absolute atomic E-state index is 12.6. The minimum atomic E-state index is -0.632. The third-order valence-corrected chi connectivity index (χ3v) is 6.67. The van der Waals surface area contributed by atoms with Crippen LogP contribution < -0.4 is 10.7 Å². The second-order valence-corrected chi connectivity index (χ2v) is 9.33. The summed E-state index contributed by atoms with van der Waals surface area (Å²) in [6.45, 7) is 1.89. The Morgan fingerprint density at radius 3 is 2.64 bits per heavy atom. The first kappa shape index (κ1) is 27.3. The molecule has 0 aliphatic heterocycles. The molecule has 4 aromatic rings. The van der Waals surface area contributed by atoms with Crippen LogP contribution in [0, 0.1) is 10.1 Å². The van der Waals surface area contributed by atoms with Gasteiger partial charge in [0.2, 0.25) is 5.91 Å². The Balaban J connectivity index is 1.45. The normalized spacial score (nSPS) is 11.7. The molecule has 0 saturated heterocycles. The number of carbonyl (C=O) groups excluding carboxylic acids is 2. The second-order valence-electron chi connectivity index (χ2n) is 8.24. The van der Waals surface area contributed by atoms with Crippen LogP contribution in [-0.2, 0) is 9.53 Å². The number of nitro groups is 1. The minimum absolute atomic E-state index is 0.0883. The zero-order chi connectivity index (χ0) is 27.6. The van der Waals surface area contributed by atoms with Crippen LogP contribution in [0.25, 0.3) is 10.9 Å².